The van der Waals surface area contributed by atoms with Crippen molar-refractivity contribution < 1.29 is 28.4 Å². The zero-order valence-electron chi connectivity index (χ0n) is 35.0. The molecule has 9 rings (SSSR count). The highest BCUT2D eigenvalue weighted by Crippen LogP contribution is 2.65. The number of carbonyl (C=O) groups excluding carboxylic acids is 2. The molecule has 2 N–H and O–H groups in total. The van der Waals surface area contributed by atoms with Gasteiger partial charge in [0.25, 0.3) is 0 Å². The molecule has 0 spiro atoms. The molecule has 2 bridgehead atoms. The van der Waals surface area contributed by atoms with Gasteiger partial charge < -0.3 is 29.4 Å². The van der Waals surface area contributed by atoms with E-state index in [0.29, 0.717) is 40.4 Å². The Hall–Kier alpha value is -4.97. The van der Waals surface area contributed by atoms with E-state index in [9.17, 15) is 9.59 Å². The highest BCUT2D eigenvalue weighted by atomic mass is 32.1. The number of amides is 1. The molecule has 0 radical (unpaired) electrons. The second kappa shape index (κ2) is 15.9. The lowest BCUT2D eigenvalue weighted by Crippen LogP contribution is -2.65. The summed E-state index contributed by atoms with van der Waals surface area (Å²) in [4.78, 5) is 32.5. The Bertz CT molecular complexity index is 2180. The molecule has 1 aromatic heterocycles. The SMILES string of the molecule is COc1c(CC(NC(=O)Cc2csc(NC(c3ccccc3)(c3ccccc3)c3ccccc3)n2)B2OC3CC4CC(C4(C)C)C3(C)O2)cccc1C(=O)OC(C)(C)C. The van der Waals surface area contributed by atoms with Crippen LogP contribution in [0.5, 0.6) is 5.75 Å². The van der Waals surface area contributed by atoms with Crippen molar-refractivity contribution in [3.05, 3.63) is 148 Å². The number of aromatic nitrogens is 1. The number of hydrogen-bond acceptors (Lipinski definition) is 9. The first-order chi connectivity index (χ1) is 28.2. The fraction of sp³-hybridized carbons (Fsp3) is 0.396. The summed E-state index contributed by atoms with van der Waals surface area (Å²) in [5, 5.41) is 9.73. The van der Waals surface area contributed by atoms with Crippen molar-refractivity contribution in [1.29, 1.82) is 0 Å². The Balaban J connectivity index is 1.07. The highest BCUT2D eigenvalue weighted by Gasteiger charge is 2.68. The maximum atomic E-state index is 14.2. The molecule has 4 fully saturated rings. The zero-order chi connectivity index (χ0) is 41.6. The molecule has 2 heterocycles. The lowest BCUT2D eigenvalue weighted by atomic mass is 9.43. The van der Waals surface area contributed by atoms with Gasteiger partial charge in [0.05, 0.1) is 36.9 Å². The number of methoxy groups -OCH3 is 1. The molecule has 306 valence electrons. The van der Waals surface area contributed by atoms with Crippen molar-refractivity contribution in [2.24, 2.45) is 17.3 Å². The zero-order valence-corrected chi connectivity index (χ0v) is 35.8. The lowest BCUT2D eigenvalue weighted by molar-refractivity contribution is -0.199. The van der Waals surface area contributed by atoms with E-state index >= 15 is 0 Å². The third-order valence-electron chi connectivity index (χ3n) is 12.8. The van der Waals surface area contributed by atoms with Crippen LogP contribution < -0.4 is 15.4 Å². The number of thiazole rings is 1. The predicted octanol–water partition coefficient (Wildman–Crippen LogP) is 9.05. The lowest BCUT2D eigenvalue weighted by Gasteiger charge is -2.64. The first-order valence-corrected chi connectivity index (χ1v) is 21.5. The number of hydrogen-bond donors (Lipinski definition) is 2. The van der Waals surface area contributed by atoms with Crippen LogP contribution in [0.4, 0.5) is 5.13 Å². The monoisotopic (exact) mass is 811 g/mol. The first-order valence-electron chi connectivity index (χ1n) is 20.6. The number of nitrogens with one attached hydrogen (secondary N) is 2. The Kier molecular flexibility index (Phi) is 11.0. The van der Waals surface area contributed by atoms with Crippen molar-refractivity contribution in [2.45, 2.75) is 96.0 Å². The average molecular weight is 812 g/mol. The Labute approximate surface area is 352 Å². The van der Waals surface area contributed by atoms with Crippen LogP contribution in [-0.2, 0) is 37.2 Å². The van der Waals surface area contributed by atoms with Gasteiger partial charge in [-0.1, -0.05) is 117 Å². The molecule has 4 aliphatic rings. The van der Waals surface area contributed by atoms with E-state index in [1.807, 2.05) is 92.9 Å². The molecule has 5 aromatic rings. The van der Waals surface area contributed by atoms with Crippen molar-refractivity contribution >= 4 is 35.5 Å². The predicted molar refractivity (Wildman–Crippen MR) is 233 cm³/mol. The van der Waals surface area contributed by atoms with E-state index in [0.717, 1.165) is 35.1 Å². The van der Waals surface area contributed by atoms with Gasteiger partial charge in [-0.15, -0.1) is 11.3 Å². The molecule has 9 nitrogen and oxygen atoms in total. The molecule has 59 heavy (non-hydrogen) atoms. The molecule has 3 saturated carbocycles. The fourth-order valence-electron chi connectivity index (χ4n) is 9.81. The van der Waals surface area contributed by atoms with Crippen molar-refractivity contribution in [1.82, 2.24) is 10.3 Å². The largest absolute Gasteiger partial charge is 0.496 e. The molecule has 4 aromatic carbocycles. The Morgan fingerprint density at radius 3 is 2.05 bits per heavy atom. The quantitative estimate of drug-likeness (QED) is 0.0690. The average Bonchev–Trinajstić information content (AvgIpc) is 3.82. The third kappa shape index (κ3) is 7.80. The molecule has 5 unspecified atom stereocenters. The standard InChI is InChI=1S/C48H54BN3O6S/c1-45(2,3)56-43(54)37-25-17-18-31(42(37)55-7)26-40(49-57-39-28-35-27-38(46(35,4)5)47(39,6)58-49)51-41(53)29-36-30-59-44(50-36)52-48(32-19-11-8-12-20-32,33-21-13-9-14-22-33)34-23-15-10-16-24-34/h8-25,30,35,38-40H,26-29H2,1-7H3,(H,50,52)(H,51,53). The molecule has 3 aliphatic carbocycles. The van der Waals surface area contributed by atoms with Gasteiger partial charge in [0.1, 0.15) is 22.5 Å². The summed E-state index contributed by atoms with van der Waals surface area (Å²) in [5.41, 5.74) is 3.12. The normalized spacial score (nSPS) is 22.4. The van der Waals surface area contributed by atoms with Crippen LogP contribution in [0.25, 0.3) is 0 Å². The van der Waals surface area contributed by atoms with Gasteiger partial charge in [0, 0.05) is 5.38 Å². The molecule has 11 heteroatoms. The van der Waals surface area contributed by atoms with Crippen LogP contribution in [0, 0.1) is 17.3 Å². The number of anilines is 1. The van der Waals surface area contributed by atoms with E-state index in [4.69, 9.17) is 23.8 Å². The van der Waals surface area contributed by atoms with Crippen LogP contribution in [0.2, 0.25) is 0 Å². The highest BCUT2D eigenvalue weighted by molar-refractivity contribution is 7.13. The first kappa shape index (κ1) is 40.8. The van der Waals surface area contributed by atoms with E-state index in [-0.39, 0.29) is 23.8 Å². The summed E-state index contributed by atoms with van der Waals surface area (Å²) in [6.07, 6.45) is 2.29. The number of rotatable bonds is 13. The maximum Gasteiger partial charge on any atom is 0.482 e. The summed E-state index contributed by atoms with van der Waals surface area (Å²) in [7, 11) is 0.832. The number of benzene rings is 4. The topological polar surface area (TPSA) is 108 Å². The minimum atomic E-state index is -0.752. The molecular formula is C48H54BN3O6S. The van der Waals surface area contributed by atoms with E-state index in [1.54, 1.807) is 13.2 Å². The maximum absolute atomic E-state index is 14.2. The van der Waals surface area contributed by atoms with Gasteiger partial charge in [-0.05, 0) is 92.5 Å². The third-order valence-corrected chi connectivity index (χ3v) is 13.6. The number of nitrogens with zero attached hydrogens (tertiary/aromatic N) is 1. The van der Waals surface area contributed by atoms with Gasteiger partial charge in [-0.25, -0.2) is 9.78 Å². The molecule has 1 aliphatic heterocycles. The fourth-order valence-corrected chi connectivity index (χ4v) is 10.6. The van der Waals surface area contributed by atoms with Crippen LogP contribution in [-0.4, -0.2) is 54.3 Å². The van der Waals surface area contributed by atoms with Crippen molar-refractivity contribution in [3.63, 3.8) is 0 Å². The smallest absolute Gasteiger partial charge is 0.482 e. The molecule has 1 saturated heterocycles. The van der Waals surface area contributed by atoms with E-state index in [1.165, 1.54) is 11.3 Å². The van der Waals surface area contributed by atoms with Gasteiger partial charge in [-0.3, -0.25) is 4.79 Å². The van der Waals surface area contributed by atoms with Crippen molar-refractivity contribution in [3.8, 4) is 5.75 Å². The second-order valence-electron chi connectivity index (χ2n) is 18.0. The molecule has 5 atom stereocenters. The van der Waals surface area contributed by atoms with Crippen LogP contribution in [0.3, 0.4) is 0 Å². The van der Waals surface area contributed by atoms with Crippen LogP contribution in [0.1, 0.15) is 92.7 Å². The molecular weight excluding hydrogens is 757 g/mol. The van der Waals surface area contributed by atoms with Gasteiger partial charge in [0.15, 0.2) is 5.13 Å². The van der Waals surface area contributed by atoms with Gasteiger partial charge in [0.2, 0.25) is 5.91 Å². The minimum absolute atomic E-state index is 0.0456. The summed E-state index contributed by atoms with van der Waals surface area (Å²) in [5.74, 6) is 0.0382. The second-order valence-corrected chi connectivity index (χ2v) is 18.9. The van der Waals surface area contributed by atoms with E-state index < -0.39 is 35.8 Å². The summed E-state index contributed by atoms with van der Waals surface area (Å²) < 4.78 is 25.3. The van der Waals surface area contributed by atoms with Crippen LogP contribution in [0.15, 0.2) is 115 Å². The number of esters is 1. The van der Waals surface area contributed by atoms with Crippen molar-refractivity contribution in [2.75, 3.05) is 12.4 Å². The Morgan fingerprint density at radius 1 is 0.881 bits per heavy atom. The Morgan fingerprint density at radius 2 is 1.49 bits per heavy atom. The molecule has 1 amide bonds. The summed E-state index contributed by atoms with van der Waals surface area (Å²) >= 11 is 1.47. The number of carbonyl (C=O) groups is 2. The minimum Gasteiger partial charge on any atom is -0.496 e. The van der Waals surface area contributed by atoms with Gasteiger partial charge >= 0.3 is 13.1 Å². The summed E-state index contributed by atoms with van der Waals surface area (Å²) in [6, 6.07) is 36.5. The number of ether oxygens (including phenoxy) is 2. The number of para-hydroxylation sites is 1. The van der Waals surface area contributed by atoms with Gasteiger partial charge in [-0.2, -0.15) is 0 Å². The van der Waals surface area contributed by atoms with Crippen LogP contribution >= 0.6 is 11.3 Å². The van der Waals surface area contributed by atoms with E-state index in [2.05, 4.69) is 67.8 Å². The summed E-state index contributed by atoms with van der Waals surface area (Å²) in [6.45, 7) is 12.3.